The van der Waals surface area contributed by atoms with Gasteiger partial charge in [-0.25, -0.2) is 4.98 Å². The summed E-state index contributed by atoms with van der Waals surface area (Å²) in [5.74, 6) is 2.77. The molecular formula is C43H52ClN9O6. The SMILES string of the molecule is COc1cc2c(cc1Nc1ncc(Cl)c(Nc3ccc(N4CC5CC4CO5)cc3OC)n1)CCN(C(Nc1ccc(N3CC4CC3CO4)cc1OC)C(=O)N(C)C)CC2. The Kier molecular flexibility index (Phi) is 10.9. The van der Waals surface area contributed by atoms with Crippen LogP contribution in [0.15, 0.2) is 54.7 Å². The Hall–Kier alpha value is -5.22. The number of likely N-dealkylation sites (N-methyl/N-ethyl adjacent to an activating group) is 1. The highest BCUT2D eigenvalue weighted by atomic mass is 35.5. The van der Waals surface area contributed by atoms with E-state index in [1.807, 2.05) is 18.2 Å². The van der Waals surface area contributed by atoms with Crippen molar-refractivity contribution in [2.75, 3.05) is 101 Å². The number of carbonyl (C=O) groups is 1. The van der Waals surface area contributed by atoms with Gasteiger partial charge in [-0.1, -0.05) is 11.6 Å². The summed E-state index contributed by atoms with van der Waals surface area (Å²) in [4.78, 5) is 31.7. The summed E-state index contributed by atoms with van der Waals surface area (Å²) in [6, 6.07) is 17.2. The number of morpholine rings is 2. The molecule has 0 radical (unpaired) electrons. The Labute approximate surface area is 349 Å². The number of carbonyl (C=O) groups excluding carboxylic acids is 1. The van der Waals surface area contributed by atoms with Gasteiger partial charge in [0.1, 0.15) is 22.3 Å². The molecular weight excluding hydrogens is 774 g/mol. The van der Waals surface area contributed by atoms with E-state index in [9.17, 15) is 4.79 Å². The number of nitrogens with one attached hydrogen (secondary N) is 3. The van der Waals surface area contributed by atoms with Crippen molar-refractivity contribution in [3.05, 3.63) is 70.9 Å². The highest BCUT2D eigenvalue weighted by molar-refractivity contribution is 6.33. The molecule has 4 aromatic rings. The molecule has 4 fully saturated rings. The van der Waals surface area contributed by atoms with Gasteiger partial charge in [-0.3, -0.25) is 9.69 Å². The van der Waals surface area contributed by atoms with Gasteiger partial charge in [0, 0.05) is 63.8 Å². The number of amides is 1. The maximum Gasteiger partial charge on any atom is 0.259 e. The number of methoxy groups -OCH3 is 3. The molecule has 6 heterocycles. The zero-order chi connectivity index (χ0) is 40.8. The first-order valence-electron chi connectivity index (χ1n) is 20.3. The van der Waals surface area contributed by atoms with Gasteiger partial charge in [0.2, 0.25) is 5.95 Å². The van der Waals surface area contributed by atoms with Crippen molar-refractivity contribution in [2.24, 2.45) is 0 Å². The van der Waals surface area contributed by atoms with E-state index in [2.05, 4.69) is 66.0 Å². The smallest absolute Gasteiger partial charge is 0.259 e. The van der Waals surface area contributed by atoms with E-state index >= 15 is 0 Å². The summed E-state index contributed by atoms with van der Waals surface area (Å²) in [5, 5.41) is 10.7. The molecule has 4 saturated heterocycles. The zero-order valence-corrected chi connectivity index (χ0v) is 34.9. The minimum absolute atomic E-state index is 0.0395. The van der Waals surface area contributed by atoms with Crippen LogP contribution in [-0.2, 0) is 27.1 Å². The van der Waals surface area contributed by atoms with Crippen LogP contribution >= 0.6 is 11.6 Å². The molecule has 0 aliphatic carbocycles. The normalized spacial score (nSPS) is 22.5. The van der Waals surface area contributed by atoms with Crippen molar-refractivity contribution in [3.8, 4) is 17.2 Å². The number of anilines is 7. The minimum atomic E-state index is -0.608. The van der Waals surface area contributed by atoms with E-state index in [0.29, 0.717) is 71.7 Å². The molecule has 3 N–H and O–H groups in total. The van der Waals surface area contributed by atoms with Crippen LogP contribution in [0.1, 0.15) is 24.0 Å². The number of hydrogen-bond acceptors (Lipinski definition) is 14. The van der Waals surface area contributed by atoms with Crippen LogP contribution in [0, 0.1) is 0 Å². The van der Waals surface area contributed by atoms with Gasteiger partial charge in [-0.2, -0.15) is 4.98 Å². The van der Waals surface area contributed by atoms with Crippen molar-refractivity contribution < 1.29 is 28.5 Å². The van der Waals surface area contributed by atoms with Crippen LogP contribution in [0.4, 0.5) is 40.2 Å². The fourth-order valence-electron chi connectivity index (χ4n) is 9.13. The molecule has 5 aliphatic rings. The molecule has 3 aromatic carbocycles. The lowest BCUT2D eigenvalue weighted by atomic mass is 10.0. The van der Waals surface area contributed by atoms with Crippen LogP contribution in [0.5, 0.6) is 17.2 Å². The van der Waals surface area contributed by atoms with E-state index in [4.69, 9.17) is 40.3 Å². The predicted molar refractivity (Wildman–Crippen MR) is 229 cm³/mol. The third-order valence-corrected chi connectivity index (χ3v) is 12.5. The van der Waals surface area contributed by atoms with Gasteiger partial charge >= 0.3 is 0 Å². The second kappa shape index (κ2) is 16.4. The lowest BCUT2D eigenvalue weighted by Gasteiger charge is -2.33. The number of benzene rings is 3. The van der Waals surface area contributed by atoms with Crippen LogP contribution in [-0.4, -0.2) is 131 Å². The van der Waals surface area contributed by atoms with Crippen molar-refractivity contribution in [1.82, 2.24) is 19.8 Å². The number of hydrogen-bond donors (Lipinski definition) is 3. The minimum Gasteiger partial charge on any atom is -0.495 e. The number of nitrogens with zero attached hydrogens (tertiary/aromatic N) is 6. The number of aromatic nitrogens is 2. The van der Waals surface area contributed by atoms with E-state index < -0.39 is 6.17 Å². The molecule has 5 aliphatic heterocycles. The highest BCUT2D eigenvalue weighted by Crippen LogP contribution is 2.40. The molecule has 5 atom stereocenters. The van der Waals surface area contributed by atoms with Gasteiger partial charge in [0.15, 0.2) is 12.0 Å². The summed E-state index contributed by atoms with van der Waals surface area (Å²) in [6.45, 7) is 4.57. The Morgan fingerprint density at radius 1 is 0.797 bits per heavy atom. The topological polar surface area (TPSA) is 138 Å². The molecule has 0 spiro atoms. The van der Waals surface area contributed by atoms with Crippen molar-refractivity contribution in [2.45, 2.75) is 56.1 Å². The molecule has 0 saturated carbocycles. The molecule has 16 heteroatoms. The second-order valence-electron chi connectivity index (χ2n) is 16.0. The predicted octanol–water partition coefficient (Wildman–Crippen LogP) is 5.53. The van der Waals surface area contributed by atoms with E-state index in [0.717, 1.165) is 85.1 Å². The number of ether oxygens (including phenoxy) is 5. The first kappa shape index (κ1) is 39.3. The van der Waals surface area contributed by atoms with Gasteiger partial charge in [0.05, 0.1) is 82.1 Å². The first-order valence-corrected chi connectivity index (χ1v) is 20.7. The van der Waals surface area contributed by atoms with Crippen molar-refractivity contribution in [1.29, 1.82) is 0 Å². The third kappa shape index (κ3) is 7.84. The largest absolute Gasteiger partial charge is 0.495 e. The molecule has 1 amide bonds. The maximum absolute atomic E-state index is 13.8. The lowest BCUT2D eigenvalue weighted by Crippen LogP contribution is -2.52. The summed E-state index contributed by atoms with van der Waals surface area (Å²) in [5.41, 5.74) is 6.72. The Bertz CT molecular complexity index is 2210. The lowest BCUT2D eigenvalue weighted by molar-refractivity contribution is -0.133. The summed E-state index contributed by atoms with van der Waals surface area (Å²) in [7, 11) is 8.56. The number of halogens is 1. The monoisotopic (exact) mass is 825 g/mol. The molecule has 15 nitrogen and oxygen atoms in total. The second-order valence-corrected chi connectivity index (χ2v) is 16.4. The van der Waals surface area contributed by atoms with Crippen molar-refractivity contribution >= 4 is 57.7 Å². The zero-order valence-electron chi connectivity index (χ0n) is 34.2. The summed E-state index contributed by atoms with van der Waals surface area (Å²) < 4.78 is 29.2. The first-order chi connectivity index (χ1) is 28.7. The van der Waals surface area contributed by atoms with Gasteiger partial charge in [-0.05, 0) is 73.2 Å². The van der Waals surface area contributed by atoms with E-state index in [-0.39, 0.29) is 12.0 Å². The van der Waals surface area contributed by atoms with Crippen LogP contribution in [0.2, 0.25) is 5.02 Å². The van der Waals surface area contributed by atoms with Gasteiger partial charge < -0.3 is 54.3 Å². The van der Waals surface area contributed by atoms with Gasteiger partial charge in [-0.15, -0.1) is 0 Å². The fourth-order valence-corrected chi connectivity index (χ4v) is 9.27. The van der Waals surface area contributed by atoms with Crippen LogP contribution in [0.25, 0.3) is 0 Å². The van der Waals surface area contributed by atoms with E-state index in [1.54, 1.807) is 46.5 Å². The molecule has 9 rings (SSSR count). The summed E-state index contributed by atoms with van der Waals surface area (Å²) >= 11 is 6.64. The average Bonchev–Trinajstić information content (AvgIpc) is 4.07. The van der Waals surface area contributed by atoms with Crippen LogP contribution < -0.4 is 40.0 Å². The fraction of sp³-hybridized carbons (Fsp3) is 0.465. The van der Waals surface area contributed by atoms with Gasteiger partial charge in [0.25, 0.3) is 5.91 Å². The van der Waals surface area contributed by atoms with Crippen molar-refractivity contribution in [3.63, 3.8) is 0 Å². The molecule has 1 aromatic heterocycles. The molecule has 312 valence electrons. The highest BCUT2D eigenvalue weighted by Gasteiger charge is 2.40. The molecule has 4 bridgehead atoms. The Balaban J connectivity index is 0.907. The van der Waals surface area contributed by atoms with E-state index in [1.165, 1.54) is 0 Å². The average molecular weight is 826 g/mol. The molecule has 5 unspecified atom stereocenters. The maximum atomic E-state index is 13.8. The third-order valence-electron chi connectivity index (χ3n) is 12.3. The van der Waals surface area contributed by atoms with Crippen LogP contribution in [0.3, 0.4) is 0 Å². The number of fused-ring (bicyclic) bond motifs is 5. The summed E-state index contributed by atoms with van der Waals surface area (Å²) in [6.07, 6.45) is 5.08. The number of rotatable bonds is 13. The Morgan fingerprint density at radius 2 is 1.37 bits per heavy atom. The standard InChI is InChI=1S/C43H52ClN9O6/c1-50(2)42(54)41(47-35-9-7-28(19-39(35)57-5)53-22-32-17-30(53)24-59-32)51-12-10-25-14-36(37(55-3)15-26(25)11-13-51)48-43-45-20-33(44)40(49-43)46-34-8-6-27(18-38(34)56-4)52-21-31-16-29(52)23-58-31/h6-9,14-15,18-20,29-32,41,47H,10-13,16-17,21-24H2,1-5H3,(H2,45,46,48,49). The Morgan fingerprint density at radius 3 is 1.93 bits per heavy atom. The molecule has 59 heavy (non-hydrogen) atoms. The quantitative estimate of drug-likeness (QED) is 0.156.